The summed E-state index contributed by atoms with van der Waals surface area (Å²) in [6, 6.07) is 7.35. The van der Waals surface area contributed by atoms with Crippen molar-refractivity contribution in [3.8, 4) is 11.5 Å². The monoisotopic (exact) mass is 426 g/mol. The molecule has 0 bridgehead atoms. The lowest BCUT2D eigenvalue weighted by molar-refractivity contribution is -0.151. The lowest BCUT2D eigenvalue weighted by Crippen LogP contribution is -2.59. The number of hydrogen-bond acceptors (Lipinski definition) is 7. The van der Waals surface area contributed by atoms with Crippen LogP contribution in [0.4, 0.5) is 0 Å². The summed E-state index contributed by atoms with van der Waals surface area (Å²) in [5.41, 5.74) is -0.710. The Labute approximate surface area is 180 Å². The number of fused-ring (bicyclic) bond motifs is 1. The number of rotatable bonds is 3. The second-order valence-corrected chi connectivity index (χ2v) is 8.33. The van der Waals surface area contributed by atoms with E-state index in [0.29, 0.717) is 37.7 Å². The fourth-order valence-corrected chi connectivity index (χ4v) is 4.80. The Hall–Kier alpha value is -3.17. The van der Waals surface area contributed by atoms with Gasteiger partial charge in [-0.05, 0) is 35.4 Å². The zero-order valence-corrected chi connectivity index (χ0v) is 17.4. The highest BCUT2D eigenvalue weighted by molar-refractivity contribution is 5.85. The van der Waals surface area contributed by atoms with Crippen LogP contribution in [0.5, 0.6) is 11.5 Å². The summed E-state index contributed by atoms with van der Waals surface area (Å²) in [4.78, 5) is 30.1. The van der Waals surface area contributed by atoms with Gasteiger partial charge in [0.15, 0.2) is 11.5 Å². The fraction of sp³-hybridized carbons (Fsp3) is 0.571. The van der Waals surface area contributed by atoms with Crippen molar-refractivity contribution in [1.82, 2.24) is 30.0 Å². The van der Waals surface area contributed by atoms with Crippen LogP contribution >= 0.6 is 0 Å². The Morgan fingerprint density at radius 1 is 0.968 bits per heavy atom. The average molecular weight is 426 g/mol. The smallest absolute Gasteiger partial charge is 0.267 e. The molecular formula is C21H26N6O4. The van der Waals surface area contributed by atoms with Crippen LogP contribution in [-0.2, 0) is 15.1 Å². The van der Waals surface area contributed by atoms with E-state index >= 15 is 0 Å². The minimum Gasteiger partial charge on any atom is -0.485 e. The highest BCUT2D eigenvalue weighted by atomic mass is 16.6. The largest absolute Gasteiger partial charge is 0.485 e. The predicted octanol–water partition coefficient (Wildman–Crippen LogP) is 0.843. The first-order valence-electron chi connectivity index (χ1n) is 10.9. The van der Waals surface area contributed by atoms with E-state index in [1.54, 1.807) is 22.0 Å². The predicted molar refractivity (Wildman–Crippen MR) is 108 cm³/mol. The number of aromatic nitrogens is 4. The van der Waals surface area contributed by atoms with Gasteiger partial charge >= 0.3 is 0 Å². The quantitative estimate of drug-likeness (QED) is 0.717. The van der Waals surface area contributed by atoms with Crippen LogP contribution in [0.15, 0.2) is 30.6 Å². The van der Waals surface area contributed by atoms with E-state index in [1.807, 2.05) is 23.1 Å². The minimum absolute atomic E-state index is 0.0535. The van der Waals surface area contributed by atoms with E-state index in [2.05, 4.69) is 15.5 Å². The number of ether oxygens (including phenoxy) is 2. The Morgan fingerprint density at radius 2 is 1.68 bits per heavy atom. The van der Waals surface area contributed by atoms with E-state index in [1.165, 1.54) is 0 Å². The van der Waals surface area contributed by atoms with Crippen molar-refractivity contribution < 1.29 is 19.1 Å². The molecule has 31 heavy (non-hydrogen) atoms. The molecule has 10 nitrogen and oxygen atoms in total. The molecule has 1 saturated heterocycles. The maximum Gasteiger partial charge on any atom is 0.267 e. The van der Waals surface area contributed by atoms with Gasteiger partial charge in [-0.25, -0.2) is 4.68 Å². The molecule has 3 heterocycles. The number of para-hydroxylation sites is 2. The summed E-state index contributed by atoms with van der Waals surface area (Å²) < 4.78 is 13.2. The molecule has 1 saturated carbocycles. The third-order valence-electron chi connectivity index (χ3n) is 6.53. The Balaban J connectivity index is 1.23. The van der Waals surface area contributed by atoms with Crippen LogP contribution in [0.3, 0.4) is 0 Å². The molecule has 0 radical (unpaired) electrons. The summed E-state index contributed by atoms with van der Waals surface area (Å²) in [5, 5.41) is 11.6. The van der Waals surface area contributed by atoms with Gasteiger partial charge in [0.1, 0.15) is 18.5 Å². The summed E-state index contributed by atoms with van der Waals surface area (Å²) >= 11 is 0. The molecule has 164 valence electrons. The summed E-state index contributed by atoms with van der Waals surface area (Å²) in [5.74, 6) is 1.19. The number of hydrogen-bond donors (Lipinski definition) is 0. The summed E-state index contributed by atoms with van der Waals surface area (Å²) in [6.07, 6.45) is 5.43. The highest BCUT2D eigenvalue weighted by Crippen LogP contribution is 2.36. The van der Waals surface area contributed by atoms with Gasteiger partial charge in [-0.1, -0.05) is 31.4 Å². The molecule has 5 rings (SSSR count). The van der Waals surface area contributed by atoms with Crippen molar-refractivity contribution in [3.05, 3.63) is 30.6 Å². The van der Waals surface area contributed by atoms with Gasteiger partial charge in [0.2, 0.25) is 6.10 Å². The molecule has 1 atom stereocenters. The Bertz CT molecular complexity index is 935. The van der Waals surface area contributed by atoms with Crippen LogP contribution in [-0.4, -0.2) is 80.7 Å². The third-order valence-corrected chi connectivity index (χ3v) is 6.53. The number of piperazine rings is 1. The maximum atomic E-state index is 13.6. The van der Waals surface area contributed by atoms with E-state index in [9.17, 15) is 9.59 Å². The average Bonchev–Trinajstić information content (AvgIpc) is 3.39. The first-order chi connectivity index (χ1) is 15.2. The van der Waals surface area contributed by atoms with E-state index in [-0.39, 0.29) is 18.4 Å². The van der Waals surface area contributed by atoms with E-state index in [4.69, 9.17) is 9.47 Å². The second-order valence-electron chi connectivity index (χ2n) is 8.33. The molecule has 0 spiro atoms. The Morgan fingerprint density at radius 3 is 2.39 bits per heavy atom. The molecule has 2 amide bonds. The Kier molecular flexibility index (Phi) is 5.21. The van der Waals surface area contributed by atoms with Crippen LogP contribution in [0.25, 0.3) is 0 Å². The topological polar surface area (TPSA) is 103 Å². The first kappa shape index (κ1) is 19.8. The van der Waals surface area contributed by atoms with Crippen molar-refractivity contribution in [2.24, 2.45) is 0 Å². The van der Waals surface area contributed by atoms with Gasteiger partial charge in [-0.15, -0.1) is 5.10 Å². The molecule has 0 N–H and O–H groups in total. The number of carbonyl (C=O) groups excluding carboxylic acids is 2. The molecule has 2 aromatic rings. The van der Waals surface area contributed by atoms with Crippen LogP contribution in [0.2, 0.25) is 0 Å². The van der Waals surface area contributed by atoms with Gasteiger partial charge in [0.05, 0.1) is 0 Å². The highest BCUT2D eigenvalue weighted by Gasteiger charge is 2.46. The van der Waals surface area contributed by atoms with Crippen molar-refractivity contribution in [1.29, 1.82) is 0 Å². The fourth-order valence-electron chi connectivity index (χ4n) is 4.80. The van der Waals surface area contributed by atoms with Gasteiger partial charge in [-0.3, -0.25) is 9.59 Å². The zero-order chi connectivity index (χ0) is 21.3. The maximum absolute atomic E-state index is 13.6. The van der Waals surface area contributed by atoms with Gasteiger partial charge in [0, 0.05) is 26.2 Å². The summed E-state index contributed by atoms with van der Waals surface area (Å²) in [7, 11) is 0. The molecule has 10 heteroatoms. The molecule has 1 aromatic heterocycles. The van der Waals surface area contributed by atoms with Crippen LogP contribution in [0, 0.1) is 0 Å². The number of benzene rings is 1. The standard InChI is InChI=1S/C21H26N6O4/c28-19(18-14-30-16-6-2-3-7-17(16)31-18)25-10-12-26(13-11-25)20(29)21(8-4-1-5-9-21)27-15-22-23-24-27/h2-3,6-7,15,18H,1,4-5,8-14H2/t18-/m1/s1. The van der Waals surface area contributed by atoms with Crippen molar-refractivity contribution in [2.45, 2.75) is 43.7 Å². The molecule has 2 aliphatic heterocycles. The minimum atomic E-state index is -0.710. The number of tetrazole rings is 1. The first-order valence-corrected chi connectivity index (χ1v) is 10.9. The number of carbonyl (C=O) groups is 2. The van der Waals surface area contributed by atoms with E-state index < -0.39 is 11.6 Å². The van der Waals surface area contributed by atoms with Crippen molar-refractivity contribution in [2.75, 3.05) is 32.8 Å². The number of amides is 2. The van der Waals surface area contributed by atoms with Gasteiger partial charge in [-0.2, -0.15) is 0 Å². The molecule has 1 aromatic carbocycles. The molecule has 2 fully saturated rings. The van der Waals surface area contributed by atoms with Gasteiger partial charge in [0.25, 0.3) is 11.8 Å². The van der Waals surface area contributed by atoms with Gasteiger partial charge < -0.3 is 19.3 Å². The SMILES string of the molecule is O=C([C@H]1COc2ccccc2O1)N1CCN(C(=O)C2(n3cnnn3)CCCCC2)CC1. The third kappa shape index (κ3) is 3.60. The molecule has 1 aliphatic carbocycles. The lowest BCUT2D eigenvalue weighted by atomic mass is 9.80. The summed E-state index contributed by atoms with van der Waals surface area (Å²) in [6.45, 7) is 2.10. The van der Waals surface area contributed by atoms with Crippen LogP contribution in [0.1, 0.15) is 32.1 Å². The van der Waals surface area contributed by atoms with E-state index in [0.717, 1.165) is 32.1 Å². The molecule has 0 unspecified atom stereocenters. The second kappa shape index (κ2) is 8.16. The van der Waals surface area contributed by atoms with Crippen LogP contribution < -0.4 is 9.47 Å². The molecular weight excluding hydrogens is 400 g/mol. The van der Waals surface area contributed by atoms with Crippen molar-refractivity contribution in [3.63, 3.8) is 0 Å². The zero-order valence-electron chi connectivity index (χ0n) is 17.4. The number of nitrogens with zero attached hydrogens (tertiary/aromatic N) is 6. The lowest BCUT2D eigenvalue weighted by Gasteiger charge is -2.42. The normalized spacial score (nSPS) is 22.8. The molecule has 3 aliphatic rings. The van der Waals surface area contributed by atoms with Crippen molar-refractivity contribution >= 4 is 11.8 Å².